The lowest BCUT2D eigenvalue weighted by atomic mass is 10.3. The summed E-state index contributed by atoms with van der Waals surface area (Å²) in [5.74, 6) is -0.813. The number of nitrogens with one attached hydrogen (secondary N) is 2. The molecule has 1 aromatic heterocycles. The van der Waals surface area contributed by atoms with Gasteiger partial charge in [0.25, 0.3) is 0 Å². The monoisotopic (exact) mass is 437 g/mol. The summed E-state index contributed by atoms with van der Waals surface area (Å²) in [5.41, 5.74) is 0.0465. The summed E-state index contributed by atoms with van der Waals surface area (Å²) in [6.45, 7) is 0. The first-order chi connectivity index (χ1) is 12.5. The van der Waals surface area contributed by atoms with Gasteiger partial charge in [0.05, 0.1) is 21.3 Å². The maximum absolute atomic E-state index is 14.0. The SMILES string of the molecule is O=[N+]([O-])c1c(Nc2ccc(Br)cc2F)ncnc1Nc1ccccc1Cl. The number of halogens is 3. The van der Waals surface area contributed by atoms with Gasteiger partial charge >= 0.3 is 5.69 Å². The summed E-state index contributed by atoms with van der Waals surface area (Å²) in [7, 11) is 0. The third-order valence-corrected chi connectivity index (χ3v) is 4.14. The number of para-hydroxylation sites is 1. The van der Waals surface area contributed by atoms with Crippen molar-refractivity contribution in [1.82, 2.24) is 9.97 Å². The van der Waals surface area contributed by atoms with E-state index in [1.54, 1.807) is 30.3 Å². The van der Waals surface area contributed by atoms with Gasteiger partial charge in [0.2, 0.25) is 11.6 Å². The molecule has 0 saturated carbocycles. The van der Waals surface area contributed by atoms with E-state index in [0.717, 1.165) is 6.33 Å². The van der Waals surface area contributed by atoms with Gasteiger partial charge in [-0.15, -0.1) is 0 Å². The molecular formula is C16H10BrClFN5O2. The molecule has 0 unspecified atom stereocenters. The van der Waals surface area contributed by atoms with E-state index in [0.29, 0.717) is 15.2 Å². The van der Waals surface area contributed by atoms with Crippen LogP contribution >= 0.6 is 27.5 Å². The molecule has 10 heteroatoms. The summed E-state index contributed by atoms with van der Waals surface area (Å²) in [6, 6.07) is 11.0. The zero-order valence-corrected chi connectivity index (χ0v) is 15.3. The van der Waals surface area contributed by atoms with Crippen LogP contribution < -0.4 is 10.6 Å². The quantitative estimate of drug-likeness (QED) is 0.408. The Morgan fingerprint density at radius 1 is 1.08 bits per heavy atom. The molecule has 7 nitrogen and oxygen atoms in total. The highest BCUT2D eigenvalue weighted by molar-refractivity contribution is 9.10. The van der Waals surface area contributed by atoms with E-state index < -0.39 is 16.4 Å². The van der Waals surface area contributed by atoms with Gasteiger partial charge in [0, 0.05) is 4.47 Å². The molecular weight excluding hydrogens is 429 g/mol. The van der Waals surface area contributed by atoms with Crippen LogP contribution in [0.3, 0.4) is 0 Å². The minimum Gasteiger partial charge on any atom is -0.333 e. The Kier molecular flexibility index (Phi) is 5.29. The average molecular weight is 439 g/mol. The number of rotatable bonds is 5. The Labute approximate surface area is 160 Å². The largest absolute Gasteiger partial charge is 0.353 e. The van der Waals surface area contributed by atoms with Crippen molar-refractivity contribution in [2.75, 3.05) is 10.6 Å². The molecule has 1 heterocycles. The molecule has 0 radical (unpaired) electrons. The van der Waals surface area contributed by atoms with Crippen LogP contribution in [0.1, 0.15) is 0 Å². The zero-order chi connectivity index (χ0) is 18.7. The van der Waals surface area contributed by atoms with Gasteiger partial charge in [-0.1, -0.05) is 39.7 Å². The van der Waals surface area contributed by atoms with Gasteiger partial charge in [-0.05, 0) is 30.3 Å². The molecule has 3 rings (SSSR count). The predicted molar refractivity (Wildman–Crippen MR) is 101 cm³/mol. The Morgan fingerprint density at radius 2 is 1.73 bits per heavy atom. The van der Waals surface area contributed by atoms with E-state index in [1.165, 1.54) is 12.1 Å². The van der Waals surface area contributed by atoms with Gasteiger partial charge in [0.1, 0.15) is 12.1 Å². The van der Waals surface area contributed by atoms with Crippen LogP contribution in [0.25, 0.3) is 0 Å². The summed E-state index contributed by atoms with van der Waals surface area (Å²) in [6.07, 6.45) is 1.13. The molecule has 0 aliphatic carbocycles. The van der Waals surface area contributed by atoms with Crippen molar-refractivity contribution in [2.24, 2.45) is 0 Å². The summed E-state index contributed by atoms with van der Waals surface area (Å²) < 4.78 is 14.6. The first-order valence-electron chi connectivity index (χ1n) is 7.18. The smallest absolute Gasteiger partial charge is 0.333 e. The number of hydrogen-bond donors (Lipinski definition) is 2. The number of benzene rings is 2. The molecule has 0 spiro atoms. The lowest BCUT2D eigenvalue weighted by Gasteiger charge is -2.11. The van der Waals surface area contributed by atoms with Crippen molar-refractivity contribution in [1.29, 1.82) is 0 Å². The number of hydrogen-bond acceptors (Lipinski definition) is 6. The van der Waals surface area contributed by atoms with Crippen LogP contribution in [0.2, 0.25) is 5.02 Å². The minimum atomic E-state index is -0.654. The summed E-state index contributed by atoms with van der Waals surface area (Å²) >= 11 is 9.22. The highest BCUT2D eigenvalue weighted by atomic mass is 79.9. The van der Waals surface area contributed by atoms with Crippen LogP contribution in [0.15, 0.2) is 53.3 Å². The first-order valence-corrected chi connectivity index (χ1v) is 8.36. The second-order valence-electron chi connectivity index (χ2n) is 5.03. The average Bonchev–Trinajstić information content (AvgIpc) is 2.59. The normalized spacial score (nSPS) is 10.4. The van der Waals surface area contributed by atoms with Crippen LogP contribution in [0.4, 0.5) is 33.1 Å². The molecule has 0 saturated heterocycles. The molecule has 0 fully saturated rings. The molecule has 3 aromatic rings. The van der Waals surface area contributed by atoms with Crippen molar-refractivity contribution in [2.45, 2.75) is 0 Å². The molecule has 2 aromatic carbocycles. The maximum atomic E-state index is 14.0. The molecule has 0 bridgehead atoms. The molecule has 0 amide bonds. The Balaban J connectivity index is 2.01. The summed E-state index contributed by atoms with van der Waals surface area (Å²) in [5, 5.41) is 17.4. The summed E-state index contributed by atoms with van der Waals surface area (Å²) in [4.78, 5) is 18.7. The molecule has 0 aliphatic heterocycles. The van der Waals surface area contributed by atoms with E-state index in [9.17, 15) is 14.5 Å². The van der Waals surface area contributed by atoms with Crippen molar-refractivity contribution < 1.29 is 9.31 Å². The Hall–Kier alpha value is -2.78. The molecule has 26 heavy (non-hydrogen) atoms. The van der Waals surface area contributed by atoms with Crippen LogP contribution in [-0.2, 0) is 0 Å². The molecule has 2 N–H and O–H groups in total. The van der Waals surface area contributed by atoms with E-state index in [2.05, 4.69) is 36.5 Å². The van der Waals surface area contributed by atoms with Gasteiger partial charge < -0.3 is 10.6 Å². The van der Waals surface area contributed by atoms with E-state index in [4.69, 9.17) is 11.6 Å². The molecule has 0 atom stereocenters. The van der Waals surface area contributed by atoms with Gasteiger partial charge in [-0.3, -0.25) is 10.1 Å². The third-order valence-electron chi connectivity index (χ3n) is 3.32. The lowest BCUT2D eigenvalue weighted by Crippen LogP contribution is -2.06. The minimum absolute atomic E-state index is 0.0405. The Bertz CT molecular complexity index is 989. The predicted octanol–water partition coefficient (Wildman–Crippen LogP) is 5.43. The van der Waals surface area contributed by atoms with Crippen molar-refractivity contribution in [3.63, 3.8) is 0 Å². The highest BCUT2D eigenvalue weighted by Gasteiger charge is 2.24. The second kappa shape index (κ2) is 7.63. The van der Waals surface area contributed by atoms with Crippen LogP contribution in [0.5, 0.6) is 0 Å². The van der Waals surface area contributed by atoms with E-state index in [-0.39, 0.29) is 17.3 Å². The van der Waals surface area contributed by atoms with Crippen molar-refractivity contribution in [3.05, 3.63) is 74.2 Å². The fourth-order valence-corrected chi connectivity index (χ4v) is 2.66. The third kappa shape index (κ3) is 3.89. The maximum Gasteiger partial charge on any atom is 0.353 e. The fourth-order valence-electron chi connectivity index (χ4n) is 2.14. The lowest BCUT2D eigenvalue weighted by molar-refractivity contribution is -0.383. The topological polar surface area (TPSA) is 93.0 Å². The standard InChI is InChI=1S/C16H10BrClFN5O2/c17-9-5-6-13(11(19)7-9)23-16-14(24(25)26)15(20-8-21-16)22-12-4-2-1-3-10(12)18/h1-8H,(H2,20,21,22,23). The number of aromatic nitrogens is 2. The second-order valence-corrected chi connectivity index (χ2v) is 6.35. The highest BCUT2D eigenvalue weighted by Crippen LogP contribution is 2.35. The number of nitrogens with zero attached hydrogens (tertiary/aromatic N) is 3. The Morgan fingerprint density at radius 3 is 2.35 bits per heavy atom. The van der Waals surface area contributed by atoms with Crippen molar-refractivity contribution in [3.8, 4) is 0 Å². The first kappa shape index (κ1) is 18.0. The van der Waals surface area contributed by atoms with Gasteiger partial charge in [0.15, 0.2) is 0 Å². The van der Waals surface area contributed by atoms with E-state index >= 15 is 0 Å². The van der Waals surface area contributed by atoms with E-state index in [1.807, 2.05) is 0 Å². The van der Waals surface area contributed by atoms with Gasteiger partial charge in [-0.2, -0.15) is 0 Å². The van der Waals surface area contributed by atoms with Crippen molar-refractivity contribution >= 4 is 56.2 Å². The fraction of sp³-hybridized carbons (Fsp3) is 0. The molecule has 132 valence electrons. The molecule has 0 aliphatic rings. The van der Waals surface area contributed by atoms with Crippen LogP contribution in [-0.4, -0.2) is 14.9 Å². The number of nitro groups is 1. The van der Waals surface area contributed by atoms with Crippen LogP contribution in [0, 0.1) is 15.9 Å². The zero-order valence-electron chi connectivity index (χ0n) is 12.9. The van der Waals surface area contributed by atoms with Gasteiger partial charge in [-0.25, -0.2) is 14.4 Å². The number of anilines is 4.